The van der Waals surface area contributed by atoms with Crippen molar-refractivity contribution in [3.63, 3.8) is 0 Å². The van der Waals surface area contributed by atoms with Crippen LogP contribution in [0.2, 0.25) is 0 Å². The summed E-state index contributed by atoms with van der Waals surface area (Å²) in [7, 11) is 3.22. The zero-order chi connectivity index (χ0) is 23.0. The van der Waals surface area contributed by atoms with Crippen LogP contribution in [0.5, 0.6) is 23.1 Å². The Balaban J connectivity index is 1.46. The van der Waals surface area contributed by atoms with Crippen molar-refractivity contribution in [1.82, 2.24) is 15.3 Å². The number of amides is 1. The van der Waals surface area contributed by atoms with Crippen LogP contribution in [0.25, 0.3) is 11.4 Å². The van der Waals surface area contributed by atoms with Crippen LogP contribution in [0, 0.1) is 0 Å². The molecule has 0 bridgehead atoms. The van der Waals surface area contributed by atoms with Gasteiger partial charge in [-0.25, -0.2) is 4.98 Å². The molecule has 1 N–H and O–H groups in total. The van der Waals surface area contributed by atoms with Gasteiger partial charge in [0.2, 0.25) is 5.88 Å². The van der Waals surface area contributed by atoms with Crippen molar-refractivity contribution in [2.75, 3.05) is 14.2 Å². The van der Waals surface area contributed by atoms with E-state index in [4.69, 9.17) is 14.2 Å². The Bertz CT molecular complexity index is 1240. The number of methoxy groups -OCH3 is 2. The Kier molecular flexibility index (Phi) is 6.80. The molecule has 0 aliphatic carbocycles. The average molecular weight is 441 g/mol. The lowest BCUT2D eigenvalue weighted by Crippen LogP contribution is -2.22. The highest BCUT2D eigenvalue weighted by Crippen LogP contribution is 2.24. The predicted molar refractivity (Wildman–Crippen MR) is 125 cm³/mol. The summed E-state index contributed by atoms with van der Waals surface area (Å²) < 4.78 is 16.2. The predicted octanol–water partition coefficient (Wildman–Crippen LogP) is 4.88. The molecule has 0 fully saturated rings. The molecule has 0 spiro atoms. The average Bonchev–Trinajstić information content (AvgIpc) is 2.88. The molecule has 0 atom stereocenters. The number of benzene rings is 3. The van der Waals surface area contributed by atoms with Crippen molar-refractivity contribution in [3.8, 4) is 34.5 Å². The van der Waals surface area contributed by atoms with Gasteiger partial charge in [-0.05, 0) is 54.1 Å². The largest absolute Gasteiger partial charge is 0.497 e. The smallest absolute Gasteiger partial charge is 0.251 e. The normalized spacial score (nSPS) is 10.4. The van der Waals surface area contributed by atoms with E-state index in [2.05, 4.69) is 15.3 Å². The molecule has 166 valence electrons. The third kappa shape index (κ3) is 5.65. The van der Waals surface area contributed by atoms with E-state index in [1.165, 1.54) is 0 Å². The Labute approximate surface area is 192 Å². The molecule has 4 aromatic rings. The van der Waals surface area contributed by atoms with E-state index in [0.29, 0.717) is 35.1 Å². The third-order valence-electron chi connectivity index (χ3n) is 4.88. The number of rotatable bonds is 8. The molecule has 7 nitrogen and oxygen atoms in total. The summed E-state index contributed by atoms with van der Waals surface area (Å²) in [6, 6.07) is 23.6. The van der Waals surface area contributed by atoms with Gasteiger partial charge in [0.15, 0.2) is 5.82 Å². The highest BCUT2D eigenvalue weighted by molar-refractivity contribution is 5.95. The van der Waals surface area contributed by atoms with Gasteiger partial charge in [0, 0.05) is 29.9 Å². The number of nitrogens with one attached hydrogen (secondary N) is 1. The van der Waals surface area contributed by atoms with Gasteiger partial charge >= 0.3 is 0 Å². The van der Waals surface area contributed by atoms with Crippen LogP contribution in [0.15, 0.2) is 85.1 Å². The minimum Gasteiger partial charge on any atom is -0.497 e. The van der Waals surface area contributed by atoms with E-state index in [1.54, 1.807) is 56.8 Å². The second kappa shape index (κ2) is 10.3. The molecule has 0 aliphatic heterocycles. The molecule has 3 aromatic carbocycles. The minimum atomic E-state index is -0.190. The van der Waals surface area contributed by atoms with Crippen molar-refractivity contribution in [3.05, 3.63) is 96.2 Å². The van der Waals surface area contributed by atoms with Gasteiger partial charge in [-0.2, -0.15) is 4.98 Å². The molecule has 1 amide bonds. The van der Waals surface area contributed by atoms with Gasteiger partial charge in [0.25, 0.3) is 5.91 Å². The van der Waals surface area contributed by atoms with Gasteiger partial charge in [0.1, 0.15) is 17.2 Å². The van der Waals surface area contributed by atoms with Crippen LogP contribution in [0.3, 0.4) is 0 Å². The standard InChI is InChI=1S/C26H23N3O4/c1-31-21-9-11-22(12-10-21)33-24-13-14-27-25(29-24)19-6-4-7-20(16-19)26(30)28-17-18-5-3-8-23(15-18)32-2/h3-16H,17H2,1-2H3,(H,28,30). The molecule has 4 rings (SSSR count). The zero-order valence-corrected chi connectivity index (χ0v) is 18.3. The number of ether oxygens (including phenoxy) is 3. The molecule has 1 heterocycles. The first-order valence-corrected chi connectivity index (χ1v) is 10.3. The molecule has 0 aliphatic rings. The van der Waals surface area contributed by atoms with E-state index >= 15 is 0 Å². The summed E-state index contributed by atoms with van der Waals surface area (Å²) >= 11 is 0. The van der Waals surface area contributed by atoms with Gasteiger partial charge in [-0.15, -0.1) is 0 Å². The third-order valence-corrected chi connectivity index (χ3v) is 4.88. The maximum Gasteiger partial charge on any atom is 0.251 e. The summed E-state index contributed by atoms with van der Waals surface area (Å²) in [5, 5.41) is 2.93. The Morgan fingerprint density at radius 2 is 1.61 bits per heavy atom. The van der Waals surface area contributed by atoms with E-state index in [-0.39, 0.29) is 5.91 Å². The van der Waals surface area contributed by atoms with Crippen LogP contribution < -0.4 is 19.5 Å². The van der Waals surface area contributed by atoms with Crippen molar-refractivity contribution in [2.45, 2.75) is 6.54 Å². The molecule has 7 heteroatoms. The monoisotopic (exact) mass is 441 g/mol. The fourth-order valence-corrected chi connectivity index (χ4v) is 3.17. The van der Waals surface area contributed by atoms with E-state index < -0.39 is 0 Å². The summed E-state index contributed by atoms with van der Waals surface area (Å²) in [6.07, 6.45) is 1.62. The van der Waals surface area contributed by atoms with Crippen molar-refractivity contribution in [1.29, 1.82) is 0 Å². The zero-order valence-electron chi connectivity index (χ0n) is 18.3. The fourth-order valence-electron chi connectivity index (χ4n) is 3.17. The lowest BCUT2D eigenvalue weighted by atomic mass is 10.1. The van der Waals surface area contributed by atoms with Gasteiger partial charge in [-0.3, -0.25) is 4.79 Å². The number of carbonyl (C=O) groups excluding carboxylic acids is 1. The summed E-state index contributed by atoms with van der Waals surface area (Å²) in [5.74, 6) is 2.79. The number of aromatic nitrogens is 2. The minimum absolute atomic E-state index is 0.190. The Morgan fingerprint density at radius 1 is 0.848 bits per heavy atom. The van der Waals surface area contributed by atoms with Crippen LogP contribution in [-0.2, 0) is 6.54 Å². The molecule has 0 unspecified atom stereocenters. The summed E-state index contributed by atoms with van der Waals surface area (Å²) in [6.45, 7) is 0.391. The topological polar surface area (TPSA) is 82.6 Å². The van der Waals surface area contributed by atoms with E-state index in [0.717, 1.165) is 17.1 Å². The Hall–Kier alpha value is -4.39. The lowest BCUT2D eigenvalue weighted by molar-refractivity contribution is 0.0951. The number of hydrogen-bond acceptors (Lipinski definition) is 6. The van der Waals surface area contributed by atoms with Crippen molar-refractivity contribution >= 4 is 5.91 Å². The molecular weight excluding hydrogens is 418 g/mol. The second-order valence-electron chi connectivity index (χ2n) is 7.11. The summed E-state index contributed by atoms with van der Waals surface area (Å²) in [5.41, 5.74) is 2.18. The summed E-state index contributed by atoms with van der Waals surface area (Å²) in [4.78, 5) is 21.5. The van der Waals surface area contributed by atoms with Crippen molar-refractivity contribution < 1.29 is 19.0 Å². The van der Waals surface area contributed by atoms with Crippen LogP contribution >= 0.6 is 0 Å². The van der Waals surface area contributed by atoms with Crippen LogP contribution in [-0.4, -0.2) is 30.1 Å². The van der Waals surface area contributed by atoms with E-state index in [1.807, 2.05) is 42.5 Å². The molecular formula is C26H23N3O4. The van der Waals surface area contributed by atoms with Crippen LogP contribution in [0.1, 0.15) is 15.9 Å². The van der Waals surface area contributed by atoms with Crippen LogP contribution in [0.4, 0.5) is 0 Å². The second-order valence-corrected chi connectivity index (χ2v) is 7.11. The first kappa shape index (κ1) is 21.8. The first-order valence-electron chi connectivity index (χ1n) is 10.3. The van der Waals surface area contributed by atoms with E-state index in [9.17, 15) is 4.79 Å². The number of hydrogen-bond donors (Lipinski definition) is 1. The molecule has 1 aromatic heterocycles. The molecule has 0 saturated heterocycles. The van der Waals surface area contributed by atoms with Crippen molar-refractivity contribution in [2.24, 2.45) is 0 Å². The lowest BCUT2D eigenvalue weighted by Gasteiger charge is -2.09. The van der Waals surface area contributed by atoms with Gasteiger partial charge in [0.05, 0.1) is 14.2 Å². The SMILES string of the molecule is COc1ccc(Oc2ccnc(-c3cccc(C(=O)NCc4cccc(OC)c4)c3)n2)cc1. The maximum atomic E-state index is 12.7. The number of carbonyl (C=O) groups is 1. The Morgan fingerprint density at radius 3 is 2.39 bits per heavy atom. The quantitative estimate of drug-likeness (QED) is 0.420. The molecule has 0 saturated carbocycles. The van der Waals surface area contributed by atoms with Gasteiger partial charge in [-0.1, -0.05) is 24.3 Å². The molecule has 0 radical (unpaired) electrons. The highest BCUT2D eigenvalue weighted by atomic mass is 16.5. The highest BCUT2D eigenvalue weighted by Gasteiger charge is 2.10. The maximum absolute atomic E-state index is 12.7. The first-order chi connectivity index (χ1) is 16.1. The van der Waals surface area contributed by atoms with Gasteiger partial charge < -0.3 is 19.5 Å². The molecule has 33 heavy (non-hydrogen) atoms. The fraction of sp³-hybridized carbons (Fsp3) is 0.115. The number of nitrogens with zero attached hydrogens (tertiary/aromatic N) is 2.